The van der Waals surface area contributed by atoms with Gasteiger partial charge in [-0.1, -0.05) is 11.6 Å². The lowest BCUT2D eigenvalue weighted by Gasteiger charge is -2.08. The third kappa shape index (κ3) is 3.00. The normalized spacial score (nSPS) is 10.5. The fourth-order valence-corrected chi connectivity index (χ4v) is 2.21. The van der Waals surface area contributed by atoms with Gasteiger partial charge in [0.25, 0.3) is 0 Å². The number of hydrogen-bond donors (Lipinski definition) is 6. The monoisotopic (exact) mass is 296 g/mol. The van der Waals surface area contributed by atoms with Crippen LogP contribution in [0.25, 0.3) is 10.9 Å². The number of hydrogen-bond acceptors (Lipinski definition) is 2. The summed E-state index contributed by atoms with van der Waals surface area (Å²) in [6.45, 7) is 0.429. The van der Waals surface area contributed by atoms with Gasteiger partial charge >= 0.3 is 0 Å². The highest BCUT2D eigenvalue weighted by atomic mass is 35.5. The molecule has 0 bridgehead atoms. The van der Waals surface area contributed by atoms with Gasteiger partial charge in [0, 0.05) is 23.6 Å². The summed E-state index contributed by atoms with van der Waals surface area (Å²) in [5.74, 6) is -0.826. The number of guanidine groups is 2. The van der Waals surface area contributed by atoms with Crippen LogP contribution in [0.2, 0.25) is 5.02 Å². The van der Waals surface area contributed by atoms with Gasteiger partial charge in [0.05, 0.1) is 5.02 Å². The minimum Gasteiger partial charge on any atom is -0.370 e. The Hall–Kier alpha value is -2.28. The highest BCUT2D eigenvalue weighted by Gasteiger charge is 2.11. The Morgan fingerprint density at radius 1 is 1.40 bits per heavy atom. The third-order valence-corrected chi connectivity index (χ3v) is 3.14. The van der Waals surface area contributed by atoms with Crippen LogP contribution in [0, 0.1) is 16.6 Å². The topological polar surface area (TPSA) is 114 Å². The van der Waals surface area contributed by atoms with Crippen molar-refractivity contribution in [2.45, 2.75) is 6.42 Å². The minimum atomic E-state index is -0.459. The second-order valence-electron chi connectivity index (χ2n) is 4.19. The zero-order valence-electron chi connectivity index (χ0n) is 10.5. The van der Waals surface area contributed by atoms with E-state index in [1.165, 1.54) is 6.07 Å². The SMILES string of the molecule is N=C(N)NC(=N)NCCc1c[nH]c2ccc(F)c(Cl)c12. The molecule has 1 aromatic carbocycles. The third-order valence-electron chi connectivity index (χ3n) is 2.77. The second kappa shape index (κ2) is 5.79. The first kappa shape index (κ1) is 14.1. The lowest BCUT2D eigenvalue weighted by molar-refractivity contribution is 0.630. The largest absolute Gasteiger partial charge is 0.370 e. The lowest BCUT2D eigenvalue weighted by atomic mass is 10.1. The molecule has 2 rings (SSSR count). The summed E-state index contributed by atoms with van der Waals surface area (Å²) in [5.41, 5.74) is 6.72. The Morgan fingerprint density at radius 3 is 2.85 bits per heavy atom. The van der Waals surface area contributed by atoms with Crippen LogP contribution in [0.1, 0.15) is 5.56 Å². The Morgan fingerprint density at radius 2 is 2.15 bits per heavy atom. The number of nitrogens with two attached hydrogens (primary N) is 1. The van der Waals surface area contributed by atoms with Crippen LogP contribution < -0.4 is 16.4 Å². The number of aromatic nitrogens is 1. The van der Waals surface area contributed by atoms with Crippen LogP contribution in [-0.2, 0) is 6.42 Å². The van der Waals surface area contributed by atoms with Gasteiger partial charge in [-0.25, -0.2) is 4.39 Å². The summed E-state index contributed by atoms with van der Waals surface area (Å²) >= 11 is 5.97. The molecule has 106 valence electrons. The number of fused-ring (bicyclic) bond motifs is 1. The van der Waals surface area contributed by atoms with Gasteiger partial charge in [0.2, 0.25) is 0 Å². The number of nitrogens with one attached hydrogen (secondary N) is 5. The molecule has 8 heteroatoms. The molecule has 20 heavy (non-hydrogen) atoms. The van der Waals surface area contributed by atoms with E-state index >= 15 is 0 Å². The number of aromatic amines is 1. The Balaban J connectivity index is 2.05. The van der Waals surface area contributed by atoms with E-state index in [4.69, 9.17) is 28.2 Å². The molecule has 0 amide bonds. The molecule has 1 aromatic heterocycles. The maximum atomic E-state index is 13.5. The summed E-state index contributed by atoms with van der Waals surface area (Å²) < 4.78 is 13.5. The van der Waals surface area contributed by atoms with Crippen molar-refractivity contribution in [2.75, 3.05) is 6.54 Å². The summed E-state index contributed by atoms with van der Waals surface area (Å²) in [6, 6.07) is 2.95. The molecule has 0 fully saturated rings. The lowest BCUT2D eigenvalue weighted by Crippen LogP contribution is -2.43. The Labute approximate surface area is 119 Å². The van der Waals surface area contributed by atoms with E-state index in [1.807, 2.05) is 0 Å². The van der Waals surface area contributed by atoms with Crippen LogP contribution in [-0.4, -0.2) is 23.4 Å². The molecule has 0 aliphatic carbocycles. The van der Waals surface area contributed by atoms with Crippen molar-refractivity contribution in [3.63, 3.8) is 0 Å². The average Bonchev–Trinajstić information content (AvgIpc) is 2.77. The van der Waals surface area contributed by atoms with Gasteiger partial charge in [-0.2, -0.15) is 0 Å². The van der Waals surface area contributed by atoms with Crippen molar-refractivity contribution < 1.29 is 4.39 Å². The first-order chi connectivity index (χ1) is 9.49. The Kier molecular flexibility index (Phi) is 4.09. The van der Waals surface area contributed by atoms with E-state index in [9.17, 15) is 4.39 Å². The van der Waals surface area contributed by atoms with Crippen molar-refractivity contribution in [3.8, 4) is 0 Å². The smallest absolute Gasteiger partial charge is 0.195 e. The molecule has 0 aliphatic rings. The first-order valence-electron chi connectivity index (χ1n) is 5.86. The summed E-state index contributed by atoms with van der Waals surface area (Å²) in [4.78, 5) is 3.02. The van der Waals surface area contributed by atoms with E-state index in [0.29, 0.717) is 18.4 Å². The van der Waals surface area contributed by atoms with Gasteiger partial charge in [-0.15, -0.1) is 0 Å². The first-order valence-corrected chi connectivity index (χ1v) is 6.24. The van der Waals surface area contributed by atoms with Crippen molar-refractivity contribution in [1.29, 1.82) is 10.8 Å². The van der Waals surface area contributed by atoms with E-state index < -0.39 is 5.82 Å². The molecule has 0 radical (unpaired) electrons. The molecule has 0 unspecified atom stereocenters. The predicted octanol–water partition coefficient (Wildman–Crippen LogP) is 1.51. The van der Waals surface area contributed by atoms with Crippen LogP contribution >= 0.6 is 11.6 Å². The molecule has 0 spiro atoms. The standard InChI is InChI=1S/C12H14ClFN6/c13-10-7(14)1-2-8-9(10)6(5-19-8)3-4-18-12(17)20-11(15)16/h1-2,5,19H,3-4H2,(H6,15,16,17,18,20). The second-order valence-corrected chi connectivity index (χ2v) is 4.57. The van der Waals surface area contributed by atoms with Crippen molar-refractivity contribution in [3.05, 3.63) is 34.7 Å². The predicted molar refractivity (Wildman–Crippen MR) is 77.7 cm³/mol. The van der Waals surface area contributed by atoms with Crippen LogP contribution in [0.5, 0.6) is 0 Å². The van der Waals surface area contributed by atoms with E-state index in [2.05, 4.69) is 15.6 Å². The molecular weight excluding hydrogens is 283 g/mol. The number of H-pyrrole nitrogens is 1. The van der Waals surface area contributed by atoms with Gasteiger partial charge < -0.3 is 16.0 Å². The number of halogens is 2. The average molecular weight is 297 g/mol. The molecule has 0 atom stereocenters. The molecule has 2 aromatic rings. The van der Waals surface area contributed by atoms with E-state index in [0.717, 1.165) is 11.1 Å². The van der Waals surface area contributed by atoms with E-state index in [-0.39, 0.29) is 16.9 Å². The maximum Gasteiger partial charge on any atom is 0.195 e. The maximum absolute atomic E-state index is 13.5. The Bertz CT molecular complexity index is 665. The molecule has 0 saturated carbocycles. The summed E-state index contributed by atoms with van der Waals surface area (Å²) in [7, 11) is 0. The van der Waals surface area contributed by atoms with E-state index in [1.54, 1.807) is 12.3 Å². The molecule has 7 N–H and O–H groups in total. The van der Waals surface area contributed by atoms with Gasteiger partial charge in [0.15, 0.2) is 11.9 Å². The molecule has 6 nitrogen and oxygen atoms in total. The zero-order chi connectivity index (χ0) is 14.7. The molecule has 0 aliphatic heterocycles. The fraction of sp³-hybridized carbons (Fsp3) is 0.167. The summed E-state index contributed by atoms with van der Waals surface area (Å²) in [5, 5.41) is 20.2. The molecular formula is C12H14ClFN6. The quantitative estimate of drug-likeness (QED) is 0.381. The molecule has 1 heterocycles. The highest BCUT2D eigenvalue weighted by molar-refractivity contribution is 6.35. The highest BCUT2D eigenvalue weighted by Crippen LogP contribution is 2.29. The zero-order valence-corrected chi connectivity index (χ0v) is 11.2. The number of benzene rings is 1. The van der Waals surface area contributed by atoms with Crippen molar-refractivity contribution in [2.24, 2.45) is 5.73 Å². The van der Waals surface area contributed by atoms with Crippen LogP contribution in [0.15, 0.2) is 18.3 Å². The van der Waals surface area contributed by atoms with Crippen LogP contribution in [0.4, 0.5) is 4.39 Å². The summed E-state index contributed by atoms with van der Waals surface area (Å²) in [6.07, 6.45) is 2.31. The van der Waals surface area contributed by atoms with Crippen LogP contribution in [0.3, 0.4) is 0 Å². The van der Waals surface area contributed by atoms with Crippen molar-refractivity contribution in [1.82, 2.24) is 15.6 Å². The number of rotatable bonds is 3. The molecule has 0 saturated heterocycles. The van der Waals surface area contributed by atoms with Crippen molar-refractivity contribution >= 4 is 34.4 Å². The van der Waals surface area contributed by atoms with Gasteiger partial charge in [0.1, 0.15) is 5.82 Å². The minimum absolute atomic E-state index is 0.0605. The van der Waals surface area contributed by atoms with Gasteiger partial charge in [-0.3, -0.25) is 16.1 Å². The van der Waals surface area contributed by atoms with Gasteiger partial charge in [-0.05, 0) is 24.1 Å². The fourth-order valence-electron chi connectivity index (χ4n) is 1.92.